The van der Waals surface area contributed by atoms with Gasteiger partial charge in [-0.1, -0.05) is 18.2 Å². The molecular formula is C13H18F3NO. The van der Waals surface area contributed by atoms with Gasteiger partial charge in [-0.3, -0.25) is 0 Å². The topological polar surface area (TPSA) is 21.3 Å². The highest BCUT2D eigenvalue weighted by atomic mass is 19.4. The molecule has 0 unspecified atom stereocenters. The average molecular weight is 261 g/mol. The molecule has 0 atom stereocenters. The molecule has 0 aliphatic heterocycles. The summed E-state index contributed by atoms with van der Waals surface area (Å²) in [7, 11) is 0. The average Bonchev–Trinajstić information content (AvgIpc) is 2.27. The Balaban J connectivity index is 2.20. The summed E-state index contributed by atoms with van der Waals surface area (Å²) in [6, 6.07) is 6.01. The highest BCUT2D eigenvalue weighted by Crippen LogP contribution is 2.14. The zero-order valence-electron chi connectivity index (χ0n) is 10.6. The molecule has 0 heterocycles. The first kappa shape index (κ1) is 15.0. The molecule has 0 bridgehead atoms. The second kappa shape index (κ2) is 6.75. The summed E-state index contributed by atoms with van der Waals surface area (Å²) in [5.41, 5.74) is 3.58. The quantitative estimate of drug-likeness (QED) is 0.795. The smallest absolute Gasteiger partial charge is 0.371 e. The molecule has 0 amide bonds. The minimum Gasteiger partial charge on any atom is -0.371 e. The molecular weight excluding hydrogens is 243 g/mol. The highest BCUT2D eigenvalue weighted by Gasteiger charge is 2.27. The van der Waals surface area contributed by atoms with Crippen LogP contribution in [0.3, 0.4) is 0 Å². The zero-order chi connectivity index (χ0) is 13.6. The van der Waals surface area contributed by atoms with Gasteiger partial charge in [0, 0.05) is 13.1 Å². The van der Waals surface area contributed by atoms with Crippen LogP contribution in [-0.2, 0) is 11.3 Å². The lowest BCUT2D eigenvalue weighted by Crippen LogP contribution is -2.23. The predicted molar refractivity (Wildman–Crippen MR) is 64.5 cm³/mol. The maximum atomic E-state index is 11.8. The minimum absolute atomic E-state index is 0.0599. The number of rotatable bonds is 6. The number of hydrogen-bond donors (Lipinski definition) is 1. The lowest BCUT2D eigenvalue weighted by molar-refractivity contribution is -0.173. The number of aryl methyl sites for hydroxylation is 1. The maximum absolute atomic E-state index is 11.8. The number of nitrogens with one attached hydrogen (secondary N) is 1. The molecule has 0 aliphatic rings. The summed E-state index contributed by atoms with van der Waals surface area (Å²) in [5.74, 6) is 0. The van der Waals surface area contributed by atoms with E-state index in [4.69, 9.17) is 0 Å². The fourth-order valence-corrected chi connectivity index (χ4v) is 1.56. The first-order chi connectivity index (χ1) is 8.40. The number of halogens is 3. The summed E-state index contributed by atoms with van der Waals surface area (Å²) in [6.07, 6.45) is -4.24. The summed E-state index contributed by atoms with van der Waals surface area (Å²) in [5, 5.41) is 3.06. The standard InChI is InChI=1S/C13H18F3NO/c1-10-4-3-5-12(11(10)2)8-17-6-7-18-9-13(14,15)16/h3-5,17H,6-9H2,1-2H3. The summed E-state index contributed by atoms with van der Waals surface area (Å²) in [6.45, 7) is 3.99. The van der Waals surface area contributed by atoms with Crippen LogP contribution in [0.2, 0.25) is 0 Å². The fourth-order valence-electron chi connectivity index (χ4n) is 1.56. The molecule has 0 spiro atoms. The van der Waals surface area contributed by atoms with Crippen LogP contribution in [0.1, 0.15) is 16.7 Å². The van der Waals surface area contributed by atoms with Gasteiger partial charge in [-0.05, 0) is 30.5 Å². The Morgan fingerprint density at radius 3 is 2.61 bits per heavy atom. The largest absolute Gasteiger partial charge is 0.411 e. The van der Waals surface area contributed by atoms with Gasteiger partial charge in [0.2, 0.25) is 0 Å². The van der Waals surface area contributed by atoms with Gasteiger partial charge in [0.15, 0.2) is 0 Å². The Hall–Kier alpha value is -1.07. The molecule has 5 heteroatoms. The number of ether oxygens (including phenoxy) is 1. The van der Waals surface area contributed by atoms with Crippen molar-refractivity contribution in [3.05, 3.63) is 34.9 Å². The molecule has 0 radical (unpaired) electrons. The van der Waals surface area contributed by atoms with E-state index in [1.165, 1.54) is 11.1 Å². The van der Waals surface area contributed by atoms with Crippen molar-refractivity contribution in [1.29, 1.82) is 0 Å². The number of hydrogen-bond acceptors (Lipinski definition) is 2. The normalized spacial score (nSPS) is 11.8. The van der Waals surface area contributed by atoms with E-state index in [1.807, 2.05) is 32.0 Å². The van der Waals surface area contributed by atoms with Gasteiger partial charge in [0.25, 0.3) is 0 Å². The molecule has 0 aliphatic carbocycles. The predicted octanol–water partition coefficient (Wildman–Crippen LogP) is 2.97. The maximum Gasteiger partial charge on any atom is 0.411 e. The third kappa shape index (κ3) is 5.51. The molecule has 1 aromatic carbocycles. The van der Waals surface area contributed by atoms with Crippen molar-refractivity contribution in [2.75, 3.05) is 19.8 Å². The molecule has 18 heavy (non-hydrogen) atoms. The second-order valence-corrected chi connectivity index (χ2v) is 4.20. The van der Waals surface area contributed by atoms with Crippen LogP contribution in [0.15, 0.2) is 18.2 Å². The molecule has 1 aromatic rings. The fraction of sp³-hybridized carbons (Fsp3) is 0.538. The molecule has 0 fully saturated rings. The lowest BCUT2D eigenvalue weighted by atomic mass is 10.0. The Morgan fingerprint density at radius 2 is 1.94 bits per heavy atom. The number of alkyl halides is 3. The third-order valence-electron chi connectivity index (χ3n) is 2.72. The van der Waals surface area contributed by atoms with Crippen LogP contribution < -0.4 is 5.32 Å². The van der Waals surface area contributed by atoms with Crippen LogP contribution >= 0.6 is 0 Å². The van der Waals surface area contributed by atoms with Crippen molar-refractivity contribution in [3.8, 4) is 0 Å². The first-order valence-electron chi connectivity index (χ1n) is 5.80. The molecule has 1 rings (SSSR count). The summed E-state index contributed by atoms with van der Waals surface area (Å²) >= 11 is 0. The summed E-state index contributed by atoms with van der Waals surface area (Å²) < 4.78 is 39.8. The van der Waals surface area contributed by atoms with Crippen LogP contribution in [0, 0.1) is 13.8 Å². The van der Waals surface area contributed by atoms with E-state index < -0.39 is 12.8 Å². The van der Waals surface area contributed by atoms with Gasteiger partial charge >= 0.3 is 6.18 Å². The van der Waals surface area contributed by atoms with E-state index >= 15 is 0 Å². The van der Waals surface area contributed by atoms with Gasteiger partial charge in [-0.15, -0.1) is 0 Å². The van der Waals surface area contributed by atoms with E-state index in [0.717, 1.165) is 5.56 Å². The molecule has 1 N–H and O–H groups in total. The van der Waals surface area contributed by atoms with Gasteiger partial charge in [-0.25, -0.2) is 0 Å². The van der Waals surface area contributed by atoms with Crippen molar-refractivity contribution in [3.63, 3.8) is 0 Å². The SMILES string of the molecule is Cc1cccc(CNCCOCC(F)(F)F)c1C. The minimum atomic E-state index is -4.24. The van der Waals surface area contributed by atoms with Gasteiger partial charge in [0.05, 0.1) is 6.61 Å². The highest BCUT2D eigenvalue weighted by molar-refractivity contribution is 5.32. The van der Waals surface area contributed by atoms with Crippen molar-refractivity contribution in [1.82, 2.24) is 5.32 Å². The van der Waals surface area contributed by atoms with Crippen molar-refractivity contribution in [2.45, 2.75) is 26.6 Å². The molecule has 2 nitrogen and oxygen atoms in total. The van der Waals surface area contributed by atoms with Gasteiger partial charge < -0.3 is 10.1 Å². The Bertz CT molecular complexity index is 377. The van der Waals surface area contributed by atoms with E-state index in [0.29, 0.717) is 13.1 Å². The lowest BCUT2D eigenvalue weighted by Gasteiger charge is -2.11. The van der Waals surface area contributed by atoms with E-state index in [-0.39, 0.29) is 6.61 Å². The van der Waals surface area contributed by atoms with Crippen LogP contribution in [-0.4, -0.2) is 25.9 Å². The van der Waals surface area contributed by atoms with Crippen LogP contribution in [0.25, 0.3) is 0 Å². The molecule has 0 saturated carbocycles. The van der Waals surface area contributed by atoms with E-state index in [2.05, 4.69) is 10.1 Å². The first-order valence-corrected chi connectivity index (χ1v) is 5.80. The van der Waals surface area contributed by atoms with E-state index in [1.54, 1.807) is 0 Å². The Labute approximate surface area is 105 Å². The number of benzene rings is 1. The summed E-state index contributed by atoms with van der Waals surface area (Å²) in [4.78, 5) is 0. The Kier molecular flexibility index (Phi) is 5.62. The molecule has 0 aromatic heterocycles. The molecule has 102 valence electrons. The van der Waals surface area contributed by atoms with Crippen molar-refractivity contribution >= 4 is 0 Å². The van der Waals surface area contributed by atoms with Crippen LogP contribution in [0.5, 0.6) is 0 Å². The van der Waals surface area contributed by atoms with Crippen LogP contribution in [0.4, 0.5) is 13.2 Å². The van der Waals surface area contributed by atoms with Crippen molar-refractivity contribution < 1.29 is 17.9 Å². The van der Waals surface area contributed by atoms with Crippen molar-refractivity contribution in [2.24, 2.45) is 0 Å². The van der Waals surface area contributed by atoms with Gasteiger partial charge in [-0.2, -0.15) is 13.2 Å². The zero-order valence-corrected chi connectivity index (χ0v) is 10.6. The third-order valence-corrected chi connectivity index (χ3v) is 2.72. The van der Waals surface area contributed by atoms with E-state index in [9.17, 15) is 13.2 Å². The monoisotopic (exact) mass is 261 g/mol. The second-order valence-electron chi connectivity index (χ2n) is 4.20. The Morgan fingerprint density at radius 1 is 1.22 bits per heavy atom. The van der Waals surface area contributed by atoms with Gasteiger partial charge in [0.1, 0.15) is 6.61 Å². The molecule has 0 saturated heterocycles.